The molecule has 68 valence electrons. The van der Waals surface area contributed by atoms with E-state index in [9.17, 15) is 0 Å². The lowest BCUT2D eigenvalue weighted by Gasteiger charge is -1.98. The number of fused-ring (bicyclic) bond motifs is 1. The maximum absolute atomic E-state index is 5.46. The largest absolute Gasteiger partial charge is 0.330 e. The molecule has 0 aromatic carbocycles. The molecule has 0 fully saturated rings. The van der Waals surface area contributed by atoms with E-state index in [4.69, 9.17) is 5.73 Å². The monoisotopic (exact) mass is 240 g/mol. The van der Waals surface area contributed by atoms with Crippen LogP contribution in [0.25, 0.3) is 5.65 Å². The van der Waals surface area contributed by atoms with Crippen LogP contribution < -0.4 is 5.73 Å². The molecule has 0 aliphatic heterocycles. The van der Waals surface area contributed by atoms with E-state index >= 15 is 0 Å². The highest BCUT2D eigenvalue weighted by molar-refractivity contribution is 9.10. The Labute approximate surface area is 83.9 Å². The van der Waals surface area contributed by atoms with Gasteiger partial charge in [-0.05, 0) is 46.6 Å². The Kier molecular flexibility index (Phi) is 2.28. The number of aromatic nitrogens is 3. The maximum atomic E-state index is 5.46. The summed E-state index contributed by atoms with van der Waals surface area (Å²) >= 11 is 3.30. The summed E-state index contributed by atoms with van der Waals surface area (Å²) in [6.45, 7) is 0.658. The number of hydrogen-bond acceptors (Lipinski definition) is 3. The van der Waals surface area contributed by atoms with Gasteiger partial charge in [0.1, 0.15) is 0 Å². The molecule has 0 radical (unpaired) electrons. The molecule has 2 N–H and O–H groups in total. The molecular formula is C8H9BrN4. The van der Waals surface area contributed by atoms with Crippen molar-refractivity contribution in [2.75, 3.05) is 6.54 Å². The van der Waals surface area contributed by atoms with Crippen molar-refractivity contribution in [1.29, 1.82) is 0 Å². The van der Waals surface area contributed by atoms with Crippen LogP contribution in [0.3, 0.4) is 0 Å². The second kappa shape index (κ2) is 3.43. The molecule has 0 aliphatic rings. The highest BCUT2D eigenvalue weighted by Crippen LogP contribution is 2.11. The standard InChI is InChI=1S/C8H9BrN4/c9-8-12-11-7-5-6(1-3-10)2-4-13(7)8/h2,4-5H,1,3,10H2. The van der Waals surface area contributed by atoms with Gasteiger partial charge in [0.15, 0.2) is 5.65 Å². The van der Waals surface area contributed by atoms with Crippen molar-refractivity contribution < 1.29 is 0 Å². The summed E-state index contributed by atoms with van der Waals surface area (Å²) in [5.74, 6) is 0. The van der Waals surface area contributed by atoms with E-state index in [1.807, 2.05) is 22.7 Å². The summed E-state index contributed by atoms with van der Waals surface area (Å²) in [7, 11) is 0. The van der Waals surface area contributed by atoms with Gasteiger partial charge >= 0.3 is 0 Å². The number of rotatable bonds is 2. The molecule has 13 heavy (non-hydrogen) atoms. The normalized spacial score (nSPS) is 10.9. The molecule has 0 aliphatic carbocycles. The Bertz CT molecular complexity index is 423. The van der Waals surface area contributed by atoms with Gasteiger partial charge < -0.3 is 5.73 Å². The van der Waals surface area contributed by atoms with Crippen LogP contribution in [0, 0.1) is 0 Å². The average molecular weight is 241 g/mol. The second-order valence-corrected chi connectivity index (χ2v) is 3.48. The molecule has 0 unspecified atom stereocenters. The third-order valence-corrected chi connectivity index (χ3v) is 2.41. The predicted molar refractivity (Wildman–Crippen MR) is 53.4 cm³/mol. The predicted octanol–water partition coefficient (Wildman–Crippen LogP) is 0.993. The summed E-state index contributed by atoms with van der Waals surface area (Å²) in [5, 5.41) is 7.88. The average Bonchev–Trinajstić information content (AvgIpc) is 2.48. The fourth-order valence-electron chi connectivity index (χ4n) is 1.23. The molecule has 2 heterocycles. The number of pyridine rings is 1. The summed E-state index contributed by atoms with van der Waals surface area (Å²) in [6.07, 6.45) is 2.81. The van der Waals surface area contributed by atoms with Crippen molar-refractivity contribution in [3.8, 4) is 0 Å². The van der Waals surface area contributed by atoms with Crippen LogP contribution in [0.2, 0.25) is 0 Å². The van der Waals surface area contributed by atoms with Crippen LogP contribution in [0.4, 0.5) is 0 Å². The van der Waals surface area contributed by atoms with Crippen LogP contribution in [0.1, 0.15) is 5.56 Å². The van der Waals surface area contributed by atoms with Crippen molar-refractivity contribution in [3.63, 3.8) is 0 Å². The van der Waals surface area contributed by atoms with Crippen LogP contribution in [0.15, 0.2) is 23.1 Å². The Balaban J connectivity index is 2.50. The third-order valence-electron chi connectivity index (χ3n) is 1.87. The van der Waals surface area contributed by atoms with Crippen molar-refractivity contribution in [1.82, 2.24) is 14.6 Å². The van der Waals surface area contributed by atoms with Crippen molar-refractivity contribution >= 4 is 21.6 Å². The molecule has 0 saturated carbocycles. The lowest BCUT2D eigenvalue weighted by atomic mass is 10.2. The van der Waals surface area contributed by atoms with E-state index in [1.165, 1.54) is 5.56 Å². The summed E-state index contributed by atoms with van der Waals surface area (Å²) in [4.78, 5) is 0. The molecule has 0 atom stereocenters. The SMILES string of the molecule is NCCc1ccn2c(Br)nnc2c1. The quantitative estimate of drug-likeness (QED) is 0.853. The van der Waals surface area contributed by atoms with E-state index in [0.717, 1.165) is 16.8 Å². The van der Waals surface area contributed by atoms with Crippen molar-refractivity contribution in [3.05, 3.63) is 28.6 Å². The molecule has 0 saturated heterocycles. The fourth-order valence-corrected chi connectivity index (χ4v) is 1.61. The van der Waals surface area contributed by atoms with Gasteiger partial charge in [0, 0.05) is 6.20 Å². The maximum Gasteiger partial charge on any atom is 0.204 e. The van der Waals surface area contributed by atoms with Gasteiger partial charge in [-0.2, -0.15) is 0 Å². The lowest BCUT2D eigenvalue weighted by Crippen LogP contribution is -2.02. The van der Waals surface area contributed by atoms with E-state index < -0.39 is 0 Å². The lowest BCUT2D eigenvalue weighted by molar-refractivity contribution is 0.961. The molecule has 0 spiro atoms. The molecule has 0 amide bonds. The molecular weight excluding hydrogens is 232 g/mol. The minimum absolute atomic E-state index is 0.658. The molecule has 4 nitrogen and oxygen atoms in total. The molecule has 2 aromatic heterocycles. The van der Waals surface area contributed by atoms with Gasteiger partial charge in [-0.1, -0.05) is 0 Å². The zero-order chi connectivity index (χ0) is 9.26. The Morgan fingerprint density at radius 3 is 3.08 bits per heavy atom. The highest BCUT2D eigenvalue weighted by Gasteiger charge is 2.01. The topological polar surface area (TPSA) is 56.2 Å². The zero-order valence-electron chi connectivity index (χ0n) is 6.94. The Hall–Kier alpha value is -0.940. The van der Waals surface area contributed by atoms with Crippen LogP contribution >= 0.6 is 15.9 Å². The summed E-state index contributed by atoms with van der Waals surface area (Å²) in [5.41, 5.74) is 7.49. The molecule has 5 heteroatoms. The van der Waals surface area contributed by atoms with Crippen LogP contribution in [-0.2, 0) is 6.42 Å². The molecule has 0 bridgehead atoms. The van der Waals surface area contributed by atoms with E-state index in [2.05, 4.69) is 26.1 Å². The zero-order valence-corrected chi connectivity index (χ0v) is 8.53. The van der Waals surface area contributed by atoms with Gasteiger partial charge in [0.05, 0.1) is 0 Å². The number of nitrogens with two attached hydrogens (primary N) is 1. The van der Waals surface area contributed by atoms with Gasteiger partial charge in [-0.25, -0.2) is 0 Å². The first-order valence-corrected chi connectivity index (χ1v) is 4.80. The van der Waals surface area contributed by atoms with E-state index in [1.54, 1.807) is 0 Å². The van der Waals surface area contributed by atoms with Gasteiger partial charge in [-0.3, -0.25) is 4.40 Å². The van der Waals surface area contributed by atoms with Gasteiger partial charge in [-0.15, -0.1) is 10.2 Å². The molecule has 2 rings (SSSR count). The Morgan fingerprint density at radius 2 is 2.31 bits per heavy atom. The number of hydrogen-bond donors (Lipinski definition) is 1. The fraction of sp³-hybridized carbons (Fsp3) is 0.250. The molecule has 2 aromatic rings. The minimum atomic E-state index is 0.658. The minimum Gasteiger partial charge on any atom is -0.330 e. The van der Waals surface area contributed by atoms with Crippen molar-refractivity contribution in [2.24, 2.45) is 5.73 Å². The number of halogens is 1. The second-order valence-electron chi connectivity index (χ2n) is 2.77. The first-order valence-electron chi connectivity index (χ1n) is 4.00. The van der Waals surface area contributed by atoms with Crippen LogP contribution in [-0.4, -0.2) is 21.1 Å². The van der Waals surface area contributed by atoms with Crippen LogP contribution in [0.5, 0.6) is 0 Å². The Morgan fingerprint density at radius 1 is 1.46 bits per heavy atom. The summed E-state index contributed by atoms with van der Waals surface area (Å²) < 4.78 is 2.60. The van der Waals surface area contributed by atoms with E-state index in [0.29, 0.717) is 6.54 Å². The third kappa shape index (κ3) is 1.57. The van der Waals surface area contributed by atoms with Crippen molar-refractivity contribution in [2.45, 2.75) is 6.42 Å². The summed E-state index contributed by atoms with van der Waals surface area (Å²) in [6, 6.07) is 4.01. The first kappa shape index (κ1) is 8.65. The smallest absolute Gasteiger partial charge is 0.204 e. The van der Waals surface area contributed by atoms with Gasteiger partial charge in [0.25, 0.3) is 0 Å². The van der Waals surface area contributed by atoms with E-state index in [-0.39, 0.29) is 0 Å². The number of nitrogens with zero attached hydrogens (tertiary/aromatic N) is 3. The highest BCUT2D eigenvalue weighted by atomic mass is 79.9. The first-order chi connectivity index (χ1) is 6.31. The van der Waals surface area contributed by atoms with Gasteiger partial charge in [0.2, 0.25) is 4.73 Å².